The highest BCUT2D eigenvalue weighted by molar-refractivity contribution is 6.04. The van der Waals surface area contributed by atoms with Crippen molar-refractivity contribution in [2.45, 2.75) is 19.9 Å². The van der Waals surface area contributed by atoms with Crippen LogP contribution in [-0.4, -0.2) is 50.6 Å². The van der Waals surface area contributed by atoms with Crippen molar-refractivity contribution in [2.24, 2.45) is 7.05 Å². The van der Waals surface area contributed by atoms with Gasteiger partial charge in [0.1, 0.15) is 5.56 Å². The van der Waals surface area contributed by atoms with Crippen LogP contribution in [0.2, 0.25) is 0 Å². The molecule has 0 aliphatic rings. The normalized spacial score (nSPS) is 12.7. The van der Waals surface area contributed by atoms with Crippen LogP contribution in [0.4, 0.5) is 5.69 Å². The van der Waals surface area contributed by atoms with Gasteiger partial charge in [-0.3, -0.25) is 4.68 Å². The van der Waals surface area contributed by atoms with Crippen molar-refractivity contribution in [3.63, 3.8) is 0 Å². The van der Waals surface area contributed by atoms with Gasteiger partial charge >= 0.3 is 5.97 Å². The standard InChI is InChI=1S/C13H18N4O3/c1-7(6-18)16(3)11-9(13(19)20)5-14-12-10(11)8(2)15-17(12)4/h5,7,18H,6H2,1-4H3,(H,19,20). The van der Waals surface area contributed by atoms with E-state index in [-0.39, 0.29) is 18.2 Å². The van der Waals surface area contributed by atoms with Crippen LogP contribution in [0.3, 0.4) is 0 Å². The summed E-state index contributed by atoms with van der Waals surface area (Å²) in [7, 11) is 3.52. The number of carboxylic acids is 1. The van der Waals surface area contributed by atoms with Crippen LogP contribution in [0.1, 0.15) is 23.0 Å². The number of nitrogens with zero attached hydrogens (tertiary/aromatic N) is 4. The molecule has 7 nitrogen and oxygen atoms in total. The SMILES string of the molecule is Cc1nn(C)c2ncc(C(=O)O)c(N(C)C(C)CO)c12. The van der Waals surface area contributed by atoms with Crippen LogP contribution in [0, 0.1) is 6.92 Å². The summed E-state index contributed by atoms with van der Waals surface area (Å²) in [4.78, 5) is 17.4. The van der Waals surface area contributed by atoms with Gasteiger partial charge in [0.15, 0.2) is 5.65 Å². The molecule has 0 aliphatic heterocycles. The Morgan fingerprint density at radius 3 is 2.75 bits per heavy atom. The molecule has 0 spiro atoms. The number of aryl methyl sites for hydroxylation is 2. The molecule has 108 valence electrons. The van der Waals surface area contributed by atoms with Crippen LogP contribution in [-0.2, 0) is 7.05 Å². The third-order valence-corrected chi connectivity index (χ3v) is 3.51. The van der Waals surface area contributed by atoms with Crippen LogP contribution >= 0.6 is 0 Å². The monoisotopic (exact) mass is 278 g/mol. The number of carboxylic acid groups (broad SMARTS) is 1. The van der Waals surface area contributed by atoms with E-state index in [2.05, 4.69) is 10.1 Å². The van der Waals surface area contributed by atoms with Crippen molar-refractivity contribution in [2.75, 3.05) is 18.6 Å². The summed E-state index contributed by atoms with van der Waals surface area (Å²) in [6.45, 7) is 3.57. The number of carbonyl (C=O) groups is 1. The second kappa shape index (κ2) is 5.09. The summed E-state index contributed by atoms with van der Waals surface area (Å²) in [5.74, 6) is -1.05. The molecule has 0 saturated heterocycles. The van der Waals surface area contributed by atoms with Crippen molar-refractivity contribution in [1.82, 2.24) is 14.8 Å². The van der Waals surface area contributed by atoms with Crippen LogP contribution < -0.4 is 4.90 Å². The molecule has 2 aromatic rings. The summed E-state index contributed by atoms with van der Waals surface area (Å²) in [6.07, 6.45) is 1.34. The molecule has 2 N–H and O–H groups in total. The molecule has 0 saturated carbocycles. The van der Waals surface area contributed by atoms with E-state index in [0.717, 1.165) is 0 Å². The number of pyridine rings is 1. The number of aromatic nitrogens is 3. The fourth-order valence-corrected chi connectivity index (χ4v) is 2.26. The number of rotatable bonds is 4. The summed E-state index contributed by atoms with van der Waals surface area (Å²) >= 11 is 0. The third-order valence-electron chi connectivity index (χ3n) is 3.51. The average molecular weight is 278 g/mol. The van der Waals surface area contributed by atoms with Crippen LogP contribution in [0.5, 0.6) is 0 Å². The first-order chi connectivity index (χ1) is 9.38. The van der Waals surface area contributed by atoms with Crippen molar-refractivity contribution in [3.8, 4) is 0 Å². The Hall–Kier alpha value is -2.15. The lowest BCUT2D eigenvalue weighted by molar-refractivity contribution is 0.0697. The Morgan fingerprint density at radius 2 is 2.20 bits per heavy atom. The number of aliphatic hydroxyl groups is 1. The van der Waals surface area contributed by atoms with E-state index in [1.54, 1.807) is 23.7 Å². The lowest BCUT2D eigenvalue weighted by Crippen LogP contribution is -2.33. The number of likely N-dealkylation sites (N-methyl/N-ethyl adjacent to an activating group) is 1. The molecule has 0 aromatic carbocycles. The van der Waals surface area contributed by atoms with Crippen LogP contribution in [0.25, 0.3) is 11.0 Å². The molecule has 0 bridgehead atoms. The highest BCUT2D eigenvalue weighted by Crippen LogP contribution is 2.32. The van der Waals surface area contributed by atoms with E-state index in [9.17, 15) is 15.0 Å². The first kappa shape index (κ1) is 14.3. The van der Waals surface area contributed by atoms with Gasteiger partial charge < -0.3 is 15.1 Å². The van der Waals surface area contributed by atoms with Gasteiger partial charge in [-0.2, -0.15) is 5.10 Å². The van der Waals surface area contributed by atoms with Crippen molar-refractivity contribution in [1.29, 1.82) is 0 Å². The van der Waals surface area contributed by atoms with E-state index in [1.165, 1.54) is 6.20 Å². The average Bonchev–Trinajstić information content (AvgIpc) is 2.71. The lowest BCUT2D eigenvalue weighted by Gasteiger charge is -2.27. The van der Waals surface area contributed by atoms with Crippen LogP contribution in [0.15, 0.2) is 6.20 Å². The van der Waals surface area contributed by atoms with E-state index in [1.807, 2.05) is 13.8 Å². The lowest BCUT2D eigenvalue weighted by atomic mass is 10.1. The number of aliphatic hydroxyl groups excluding tert-OH is 1. The van der Waals surface area contributed by atoms with Gasteiger partial charge in [0.05, 0.1) is 23.4 Å². The van der Waals surface area contributed by atoms with E-state index in [4.69, 9.17) is 0 Å². The predicted octanol–water partition coefficient (Wildman–Crippen LogP) is 0.792. The number of anilines is 1. The van der Waals surface area contributed by atoms with E-state index in [0.29, 0.717) is 22.4 Å². The number of aromatic carboxylic acids is 1. The summed E-state index contributed by atoms with van der Waals surface area (Å²) in [5, 5.41) is 23.7. The molecular formula is C13H18N4O3. The second-order valence-electron chi connectivity index (χ2n) is 4.88. The fraction of sp³-hybridized carbons (Fsp3) is 0.462. The molecular weight excluding hydrogens is 260 g/mol. The first-order valence-electron chi connectivity index (χ1n) is 6.27. The predicted molar refractivity (Wildman–Crippen MR) is 75.2 cm³/mol. The first-order valence-corrected chi connectivity index (χ1v) is 6.27. The minimum atomic E-state index is -1.05. The molecule has 2 heterocycles. The van der Waals surface area contributed by atoms with Crippen molar-refractivity contribution < 1.29 is 15.0 Å². The van der Waals surface area contributed by atoms with E-state index >= 15 is 0 Å². The molecule has 0 aliphatic carbocycles. The van der Waals surface area contributed by atoms with Gasteiger partial charge in [-0.25, -0.2) is 9.78 Å². The third kappa shape index (κ3) is 2.09. The Labute approximate surface area is 116 Å². The molecule has 2 rings (SSSR count). The van der Waals surface area contributed by atoms with E-state index < -0.39 is 5.97 Å². The van der Waals surface area contributed by atoms with Gasteiger partial charge in [-0.15, -0.1) is 0 Å². The van der Waals surface area contributed by atoms with Crippen molar-refractivity contribution in [3.05, 3.63) is 17.5 Å². The Balaban J connectivity index is 2.81. The maximum atomic E-state index is 11.4. The molecule has 0 fully saturated rings. The highest BCUT2D eigenvalue weighted by atomic mass is 16.4. The Kier molecular flexibility index (Phi) is 3.63. The maximum Gasteiger partial charge on any atom is 0.339 e. The fourth-order valence-electron chi connectivity index (χ4n) is 2.26. The number of fused-ring (bicyclic) bond motifs is 1. The second-order valence-corrected chi connectivity index (χ2v) is 4.88. The number of hydrogen-bond acceptors (Lipinski definition) is 5. The molecule has 7 heteroatoms. The molecule has 1 atom stereocenters. The van der Waals surface area contributed by atoms with Gasteiger partial charge in [0.2, 0.25) is 0 Å². The van der Waals surface area contributed by atoms with Gasteiger partial charge in [-0.1, -0.05) is 0 Å². The van der Waals surface area contributed by atoms with Crippen molar-refractivity contribution >= 4 is 22.7 Å². The minimum Gasteiger partial charge on any atom is -0.478 e. The topological polar surface area (TPSA) is 91.5 Å². The number of hydrogen-bond donors (Lipinski definition) is 2. The largest absolute Gasteiger partial charge is 0.478 e. The quantitative estimate of drug-likeness (QED) is 0.859. The molecule has 2 aromatic heterocycles. The molecule has 0 radical (unpaired) electrons. The van der Waals surface area contributed by atoms with Gasteiger partial charge in [0.25, 0.3) is 0 Å². The summed E-state index contributed by atoms with van der Waals surface area (Å²) in [6, 6.07) is -0.210. The zero-order valence-corrected chi connectivity index (χ0v) is 12.0. The molecule has 0 amide bonds. The zero-order chi connectivity index (χ0) is 15.0. The molecule has 20 heavy (non-hydrogen) atoms. The van der Waals surface area contributed by atoms with Gasteiger partial charge in [-0.05, 0) is 13.8 Å². The molecule has 1 unspecified atom stereocenters. The van der Waals surface area contributed by atoms with Gasteiger partial charge in [0, 0.05) is 26.3 Å². The summed E-state index contributed by atoms with van der Waals surface area (Å²) in [5.41, 5.74) is 1.98. The Morgan fingerprint density at radius 1 is 1.55 bits per heavy atom. The Bertz CT molecular complexity index is 665. The maximum absolute atomic E-state index is 11.4. The zero-order valence-electron chi connectivity index (χ0n) is 12.0. The minimum absolute atomic E-state index is 0.0707. The highest BCUT2D eigenvalue weighted by Gasteiger charge is 2.24. The summed E-state index contributed by atoms with van der Waals surface area (Å²) < 4.78 is 1.62. The smallest absolute Gasteiger partial charge is 0.339 e.